The molecule has 0 atom stereocenters. The van der Waals surface area contributed by atoms with Crippen molar-refractivity contribution in [2.45, 2.75) is 13.3 Å². The van der Waals surface area contributed by atoms with Crippen LogP contribution < -0.4 is 16.2 Å². The molecule has 3 amide bonds. The van der Waals surface area contributed by atoms with E-state index >= 15 is 0 Å². The van der Waals surface area contributed by atoms with E-state index in [0.29, 0.717) is 17.7 Å². The Balaban J connectivity index is 1.83. The topological polar surface area (TPSA) is 87.3 Å². The predicted octanol–water partition coefficient (Wildman–Crippen LogP) is 2.57. The summed E-state index contributed by atoms with van der Waals surface area (Å²) < 4.78 is 0. The fourth-order valence-corrected chi connectivity index (χ4v) is 2.35. The third kappa shape index (κ3) is 5.36. The maximum Gasteiger partial charge on any atom is 0.269 e. The first kappa shape index (κ1) is 17.4. The van der Waals surface area contributed by atoms with Gasteiger partial charge in [-0.05, 0) is 41.8 Å². The lowest BCUT2D eigenvalue weighted by molar-refractivity contribution is -0.117. The van der Waals surface area contributed by atoms with Crippen LogP contribution in [0.25, 0.3) is 6.08 Å². The second-order valence-electron chi connectivity index (χ2n) is 4.77. The van der Waals surface area contributed by atoms with Gasteiger partial charge in [0.2, 0.25) is 5.91 Å². The van der Waals surface area contributed by atoms with Crippen molar-refractivity contribution in [3.63, 3.8) is 0 Å². The van der Waals surface area contributed by atoms with E-state index in [1.807, 2.05) is 17.5 Å². The van der Waals surface area contributed by atoms with Gasteiger partial charge in [0.1, 0.15) is 0 Å². The van der Waals surface area contributed by atoms with Gasteiger partial charge >= 0.3 is 0 Å². The number of anilines is 1. The highest BCUT2D eigenvalue weighted by molar-refractivity contribution is 7.10. The number of hydrazine groups is 1. The molecule has 7 heteroatoms. The molecule has 0 aliphatic rings. The van der Waals surface area contributed by atoms with E-state index in [1.165, 1.54) is 17.4 Å². The number of thiophene rings is 1. The van der Waals surface area contributed by atoms with Gasteiger partial charge in [-0.2, -0.15) is 0 Å². The first-order valence-electron chi connectivity index (χ1n) is 7.30. The Morgan fingerprint density at radius 2 is 1.83 bits per heavy atom. The van der Waals surface area contributed by atoms with Crippen molar-refractivity contribution in [3.05, 3.63) is 58.3 Å². The highest BCUT2D eigenvalue weighted by atomic mass is 32.1. The van der Waals surface area contributed by atoms with Crippen molar-refractivity contribution in [1.82, 2.24) is 10.9 Å². The van der Waals surface area contributed by atoms with E-state index in [9.17, 15) is 14.4 Å². The van der Waals surface area contributed by atoms with Crippen LogP contribution in [0, 0.1) is 0 Å². The smallest absolute Gasteiger partial charge is 0.269 e. The number of rotatable bonds is 5. The number of hydrogen-bond donors (Lipinski definition) is 3. The summed E-state index contributed by atoms with van der Waals surface area (Å²) in [6.45, 7) is 1.76. The summed E-state index contributed by atoms with van der Waals surface area (Å²) in [6.07, 6.45) is 3.39. The molecular formula is C17H17N3O3S. The van der Waals surface area contributed by atoms with Gasteiger partial charge in [0.25, 0.3) is 11.8 Å². The molecule has 24 heavy (non-hydrogen) atoms. The molecule has 0 saturated heterocycles. The van der Waals surface area contributed by atoms with Crippen LogP contribution in [0.15, 0.2) is 47.9 Å². The highest BCUT2D eigenvalue weighted by Gasteiger charge is 2.06. The first-order chi connectivity index (χ1) is 11.6. The van der Waals surface area contributed by atoms with Gasteiger partial charge in [0.15, 0.2) is 0 Å². The second kappa shape index (κ2) is 8.64. The number of carbonyl (C=O) groups is 3. The average Bonchev–Trinajstić information content (AvgIpc) is 3.12. The Morgan fingerprint density at radius 3 is 2.46 bits per heavy atom. The van der Waals surface area contributed by atoms with Crippen molar-refractivity contribution in [2.24, 2.45) is 0 Å². The number of benzene rings is 1. The van der Waals surface area contributed by atoms with Crippen molar-refractivity contribution < 1.29 is 14.4 Å². The van der Waals surface area contributed by atoms with E-state index in [0.717, 1.165) is 4.88 Å². The summed E-state index contributed by atoms with van der Waals surface area (Å²) in [4.78, 5) is 35.8. The number of hydrogen-bond acceptors (Lipinski definition) is 4. The van der Waals surface area contributed by atoms with E-state index in [2.05, 4.69) is 16.2 Å². The number of nitrogens with one attached hydrogen (secondary N) is 3. The average molecular weight is 343 g/mol. The fraction of sp³-hybridized carbons (Fsp3) is 0.118. The number of carbonyl (C=O) groups excluding carboxylic acids is 3. The zero-order valence-electron chi connectivity index (χ0n) is 13.0. The van der Waals surface area contributed by atoms with E-state index in [4.69, 9.17) is 0 Å². The quantitative estimate of drug-likeness (QED) is 0.576. The molecule has 1 aromatic carbocycles. The molecule has 3 N–H and O–H groups in total. The van der Waals surface area contributed by atoms with Gasteiger partial charge < -0.3 is 5.32 Å². The largest absolute Gasteiger partial charge is 0.326 e. The van der Waals surface area contributed by atoms with Gasteiger partial charge in [0.05, 0.1) is 0 Å². The van der Waals surface area contributed by atoms with Crippen molar-refractivity contribution in [2.75, 3.05) is 5.32 Å². The third-order valence-electron chi connectivity index (χ3n) is 2.99. The first-order valence-corrected chi connectivity index (χ1v) is 8.18. The predicted molar refractivity (Wildman–Crippen MR) is 94.3 cm³/mol. The molecule has 1 aromatic heterocycles. The van der Waals surface area contributed by atoms with Gasteiger partial charge in [-0.25, -0.2) is 0 Å². The second-order valence-corrected chi connectivity index (χ2v) is 5.75. The molecule has 2 aromatic rings. The molecule has 0 unspecified atom stereocenters. The maximum absolute atomic E-state index is 11.9. The summed E-state index contributed by atoms with van der Waals surface area (Å²) in [5, 5.41) is 4.60. The van der Waals surface area contributed by atoms with Crippen LogP contribution >= 0.6 is 11.3 Å². The Hall–Kier alpha value is -2.93. The van der Waals surface area contributed by atoms with Crippen LogP contribution in [-0.4, -0.2) is 17.7 Å². The molecule has 2 rings (SSSR count). The van der Waals surface area contributed by atoms with E-state index in [1.54, 1.807) is 37.3 Å². The Kier molecular flexibility index (Phi) is 6.27. The molecule has 1 heterocycles. The third-order valence-corrected chi connectivity index (χ3v) is 3.83. The molecule has 0 bridgehead atoms. The van der Waals surface area contributed by atoms with E-state index in [-0.39, 0.29) is 5.91 Å². The molecule has 124 valence electrons. The summed E-state index contributed by atoms with van der Waals surface area (Å²) in [5.74, 6) is -0.971. The van der Waals surface area contributed by atoms with Crippen LogP contribution in [0.1, 0.15) is 28.6 Å². The summed E-state index contributed by atoms with van der Waals surface area (Å²) in [6, 6.07) is 10.1. The minimum atomic E-state index is -0.443. The van der Waals surface area contributed by atoms with E-state index < -0.39 is 11.8 Å². The highest BCUT2D eigenvalue weighted by Crippen LogP contribution is 2.10. The van der Waals surface area contributed by atoms with Crippen LogP contribution in [0.3, 0.4) is 0 Å². The van der Waals surface area contributed by atoms with Crippen LogP contribution in [0.5, 0.6) is 0 Å². The maximum atomic E-state index is 11.9. The zero-order chi connectivity index (χ0) is 17.4. The minimum Gasteiger partial charge on any atom is -0.326 e. The Labute approximate surface area is 143 Å². The van der Waals surface area contributed by atoms with Crippen LogP contribution in [-0.2, 0) is 9.59 Å². The summed E-state index contributed by atoms with van der Waals surface area (Å²) in [7, 11) is 0. The lowest BCUT2D eigenvalue weighted by Crippen LogP contribution is -2.40. The fourth-order valence-electron chi connectivity index (χ4n) is 1.73. The van der Waals surface area contributed by atoms with Gasteiger partial charge in [-0.15, -0.1) is 11.3 Å². The monoisotopic (exact) mass is 343 g/mol. The molecule has 0 aliphatic heterocycles. The van der Waals surface area contributed by atoms with Crippen molar-refractivity contribution in [1.29, 1.82) is 0 Å². The summed E-state index contributed by atoms with van der Waals surface area (Å²) >= 11 is 1.51. The SMILES string of the molecule is CCC(=O)Nc1ccc(C(=O)NNC(=O)C=Cc2cccs2)cc1. The van der Waals surface area contributed by atoms with Crippen LogP contribution in [0.4, 0.5) is 5.69 Å². The number of amides is 3. The minimum absolute atomic E-state index is 0.100. The molecule has 6 nitrogen and oxygen atoms in total. The lowest BCUT2D eigenvalue weighted by Gasteiger charge is -2.07. The zero-order valence-corrected chi connectivity index (χ0v) is 13.9. The lowest BCUT2D eigenvalue weighted by atomic mass is 10.2. The van der Waals surface area contributed by atoms with Crippen molar-refractivity contribution >= 4 is 40.8 Å². The van der Waals surface area contributed by atoms with Gasteiger partial charge in [0, 0.05) is 28.6 Å². The summed E-state index contributed by atoms with van der Waals surface area (Å²) in [5.41, 5.74) is 5.62. The standard InChI is InChI=1S/C17H17N3O3S/c1-2-15(21)18-13-7-5-12(6-8-13)17(23)20-19-16(22)10-9-14-4-3-11-24-14/h3-11H,2H2,1H3,(H,18,21)(H,19,22)(H,20,23). The van der Waals surface area contributed by atoms with Crippen molar-refractivity contribution in [3.8, 4) is 0 Å². The van der Waals surface area contributed by atoms with Gasteiger partial charge in [-0.3, -0.25) is 25.2 Å². The van der Waals surface area contributed by atoms with Gasteiger partial charge in [-0.1, -0.05) is 13.0 Å². The molecule has 0 aliphatic carbocycles. The molecular weight excluding hydrogens is 326 g/mol. The normalized spacial score (nSPS) is 10.4. The molecule has 0 saturated carbocycles. The Bertz CT molecular complexity index is 737. The molecule has 0 spiro atoms. The molecule has 0 fully saturated rings. The van der Waals surface area contributed by atoms with Crippen LogP contribution in [0.2, 0.25) is 0 Å². The molecule has 0 radical (unpaired) electrons. The Morgan fingerprint density at radius 1 is 1.08 bits per heavy atom.